The van der Waals surface area contributed by atoms with Crippen molar-refractivity contribution >= 4 is 17.5 Å². The van der Waals surface area contributed by atoms with E-state index in [9.17, 15) is 22.8 Å². The summed E-state index contributed by atoms with van der Waals surface area (Å²) >= 11 is 0. The number of carbonyl (C=O) groups excluding carboxylic acids is 2. The van der Waals surface area contributed by atoms with Gasteiger partial charge in [0.25, 0.3) is 5.91 Å². The number of nitrogens with two attached hydrogens (primary N) is 1. The third-order valence-corrected chi connectivity index (χ3v) is 5.52. The summed E-state index contributed by atoms with van der Waals surface area (Å²) in [5.41, 5.74) is 4.96. The molecule has 2 saturated carbocycles. The number of anilines is 1. The number of nitrogens with one attached hydrogen (secondary N) is 2. The summed E-state index contributed by atoms with van der Waals surface area (Å²) in [5.74, 6) is -0.532. The zero-order valence-corrected chi connectivity index (χ0v) is 15.1. The highest BCUT2D eigenvalue weighted by atomic mass is 19.4. The van der Waals surface area contributed by atoms with Crippen LogP contribution >= 0.6 is 0 Å². The molecule has 0 saturated heterocycles. The fourth-order valence-electron chi connectivity index (χ4n) is 4.46. The van der Waals surface area contributed by atoms with Gasteiger partial charge >= 0.3 is 6.18 Å². The first-order chi connectivity index (χ1) is 12.6. The Kier molecular flexibility index (Phi) is 5.46. The van der Waals surface area contributed by atoms with Crippen LogP contribution in [0.4, 0.5) is 18.9 Å². The molecular weight excluding hydrogens is 359 g/mol. The van der Waals surface area contributed by atoms with E-state index in [1.807, 2.05) is 0 Å². The smallest absolute Gasteiger partial charge is 0.349 e. The van der Waals surface area contributed by atoms with Gasteiger partial charge in [0.2, 0.25) is 5.91 Å². The van der Waals surface area contributed by atoms with Crippen molar-refractivity contribution in [3.8, 4) is 0 Å². The van der Waals surface area contributed by atoms with Crippen molar-refractivity contribution in [2.45, 2.75) is 57.3 Å². The minimum atomic E-state index is -4.61. The molecule has 0 heterocycles. The Morgan fingerprint density at radius 2 is 1.74 bits per heavy atom. The molecular formula is C19H24F3N3O2. The van der Waals surface area contributed by atoms with Crippen molar-refractivity contribution in [2.75, 3.05) is 5.32 Å². The lowest BCUT2D eigenvalue weighted by molar-refractivity contribution is -0.137. The van der Waals surface area contributed by atoms with E-state index in [1.165, 1.54) is 13.0 Å². The maximum Gasteiger partial charge on any atom is 0.416 e. The van der Waals surface area contributed by atoms with Crippen LogP contribution < -0.4 is 16.4 Å². The molecule has 0 aromatic heterocycles. The highest BCUT2D eigenvalue weighted by Crippen LogP contribution is 2.40. The van der Waals surface area contributed by atoms with Crippen LogP contribution in [0, 0.1) is 11.8 Å². The minimum absolute atomic E-state index is 0.0478. The second-order valence-corrected chi connectivity index (χ2v) is 7.66. The molecule has 1 aromatic carbocycles. The van der Waals surface area contributed by atoms with E-state index in [1.54, 1.807) is 0 Å². The first-order valence-electron chi connectivity index (χ1n) is 9.20. The topological polar surface area (TPSA) is 84.2 Å². The number of carbonyl (C=O) groups is 2. The Hall–Kier alpha value is -2.09. The van der Waals surface area contributed by atoms with Crippen LogP contribution in [0.25, 0.3) is 0 Å². The molecule has 0 aliphatic heterocycles. The number of halogens is 3. The number of benzene rings is 1. The van der Waals surface area contributed by atoms with E-state index in [4.69, 9.17) is 5.73 Å². The van der Waals surface area contributed by atoms with Crippen LogP contribution in [-0.2, 0) is 11.0 Å². The summed E-state index contributed by atoms with van der Waals surface area (Å²) in [6, 6.07) is 2.98. The summed E-state index contributed by atoms with van der Waals surface area (Å²) in [4.78, 5) is 24.0. The maximum atomic E-state index is 13.2. The van der Waals surface area contributed by atoms with Gasteiger partial charge in [-0.05, 0) is 55.7 Å². The predicted octanol–water partition coefficient (Wildman–Crippen LogP) is 3.30. The molecule has 2 bridgehead atoms. The molecule has 2 atom stereocenters. The molecule has 2 fully saturated rings. The first kappa shape index (κ1) is 19.7. The number of rotatable bonds is 3. The van der Waals surface area contributed by atoms with Gasteiger partial charge in [-0.25, -0.2) is 0 Å². The van der Waals surface area contributed by atoms with Gasteiger partial charge in [-0.2, -0.15) is 13.2 Å². The first-order valence-corrected chi connectivity index (χ1v) is 9.20. The van der Waals surface area contributed by atoms with Crippen LogP contribution in [0.5, 0.6) is 0 Å². The van der Waals surface area contributed by atoms with Crippen LogP contribution in [0.2, 0.25) is 0 Å². The van der Waals surface area contributed by atoms with Crippen molar-refractivity contribution in [2.24, 2.45) is 17.6 Å². The molecule has 2 unspecified atom stereocenters. The molecule has 0 radical (unpaired) electrons. The predicted molar refractivity (Wildman–Crippen MR) is 95.0 cm³/mol. The summed E-state index contributed by atoms with van der Waals surface area (Å²) in [7, 11) is 0. The quantitative estimate of drug-likeness (QED) is 0.749. The van der Waals surface area contributed by atoms with E-state index in [0.717, 1.165) is 44.2 Å². The SMILES string of the molecule is CC(=O)Nc1cc(C(=O)NC2C3CCCC2CC(N)C3)cc(C(F)(F)F)c1. The summed E-state index contributed by atoms with van der Waals surface area (Å²) < 4.78 is 39.5. The summed E-state index contributed by atoms with van der Waals surface area (Å²) in [6.07, 6.45) is 0.0500. The van der Waals surface area contributed by atoms with Crippen molar-refractivity contribution in [1.29, 1.82) is 0 Å². The van der Waals surface area contributed by atoms with E-state index < -0.39 is 23.6 Å². The Bertz CT molecular complexity index is 721. The van der Waals surface area contributed by atoms with Crippen molar-refractivity contribution in [3.05, 3.63) is 29.3 Å². The molecule has 5 nitrogen and oxygen atoms in total. The van der Waals surface area contributed by atoms with Crippen LogP contribution in [0.3, 0.4) is 0 Å². The van der Waals surface area contributed by atoms with Crippen molar-refractivity contribution in [3.63, 3.8) is 0 Å². The van der Waals surface area contributed by atoms with Gasteiger partial charge in [0, 0.05) is 30.3 Å². The third-order valence-electron chi connectivity index (χ3n) is 5.52. The zero-order valence-electron chi connectivity index (χ0n) is 15.1. The average Bonchev–Trinajstić information content (AvgIpc) is 2.54. The normalized spacial score (nSPS) is 27.7. The number of amides is 2. The lowest BCUT2D eigenvalue weighted by Crippen LogP contribution is -2.53. The highest BCUT2D eigenvalue weighted by Gasteiger charge is 2.40. The fourth-order valence-corrected chi connectivity index (χ4v) is 4.46. The highest BCUT2D eigenvalue weighted by molar-refractivity contribution is 5.97. The lowest BCUT2D eigenvalue weighted by atomic mass is 9.67. The molecule has 1 aromatic rings. The maximum absolute atomic E-state index is 13.2. The van der Waals surface area contributed by atoms with E-state index >= 15 is 0 Å². The van der Waals surface area contributed by atoms with Crippen LogP contribution in [-0.4, -0.2) is 23.9 Å². The fraction of sp³-hybridized carbons (Fsp3) is 0.579. The minimum Gasteiger partial charge on any atom is -0.349 e. The average molecular weight is 383 g/mol. The molecule has 8 heteroatoms. The Morgan fingerprint density at radius 3 is 2.30 bits per heavy atom. The molecule has 2 aliphatic carbocycles. The van der Waals surface area contributed by atoms with Crippen LogP contribution in [0.1, 0.15) is 54.9 Å². The van der Waals surface area contributed by atoms with E-state index in [2.05, 4.69) is 10.6 Å². The van der Waals surface area contributed by atoms with E-state index in [0.29, 0.717) is 0 Å². The Morgan fingerprint density at radius 1 is 1.11 bits per heavy atom. The summed E-state index contributed by atoms with van der Waals surface area (Å²) in [6.45, 7) is 1.20. The van der Waals surface area contributed by atoms with Gasteiger partial charge in [0.05, 0.1) is 5.56 Å². The molecule has 2 amide bonds. The lowest BCUT2D eigenvalue weighted by Gasteiger charge is -2.45. The van der Waals surface area contributed by atoms with Gasteiger partial charge in [0.1, 0.15) is 0 Å². The van der Waals surface area contributed by atoms with Gasteiger partial charge in [-0.3, -0.25) is 9.59 Å². The monoisotopic (exact) mass is 383 g/mol. The second kappa shape index (κ2) is 7.50. The number of hydrogen-bond acceptors (Lipinski definition) is 3. The molecule has 2 aliphatic rings. The van der Waals surface area contributed by atoms with Crippen LogP contribution in [0.15, 0.2) is 18.2 Å². The molecule has 148 valence electrons. The number of fused-ring (bicyclic) bond motifs is 2. The van der Waals surface area contributed by atoms with Gasteiger partial charge in [0.15, 0.2) is 0 Å². The van der Waals surface area contributed by atoms with Gasteiger partial charge in [-0.15, -0.1) is 0 Å². The molecule has 0 spiro atoms. The summed E-state index contributed by atoms with van der Waals surface area (Å²) in [5, 5.41) is 5.27. The van der Waals surface area contributed by atoms with Crippen molar-refractivity contribution in [1.82, 2.24) is 5.32 Å². The molecule has 4 N–H and O–H groups in total. The standard InChI is InChI=1S/C19H24F3N3O2/c1-10(26)24-16-8-13(5-14(9-16)19(20,21)22)18(27)25-17-11-3-2-4-12(17)7-15(23)6-11/h5,8-9,11-12,15,17H,2-4,6-7,23H2,1H3,(H,24,26)(H,25,27). The third kappa shape index (κ3) is 4.61. The van der Waals surface area contributed by atoms with Crippen molar-refractivity contribution < 1.29 is 22.8 Å². The number of hydrogen-bond donors (Lipinski definition) is 3. The van der Waals surface area contributed by atoms with Gasteiger partial charge in [-0.1, -0.05) is 6.42 Å². The Balaban J connectivity index is 1.84. The second-order valence-electron chi connectivity index (χ2n) is 7.66. The van der Waals surface area contributed by atoms with E-state index in [-0.39, 0.29) is 35.2 Å². The largest absolute Gasteiger partial charge is 0.416 e. The zero-order chi connectivity index (χ0) is 19.8. The van der Waals surface area contributed by atoms with Gasteiger partial charge < -0.3 is 16.4 Å². The Labute approximate surface area is 155 Å². The molecule has 3 rings (SSSR count). The number of alkyl halides is 3. The molecule has 27 heavy (non-hydrogen) atoms.